The Bertz CT molecular complexity index is 1360. The molecular weight excluding hydrogens is 452 g/mol. The van der Waals surface area contributed by atoms with Gasteiger partial charge in [0.25, 0.3) is 0 Å². The molecule has 1 heterocycles. The Morgan fingerprint density at radius 1 is 0.676 bits per heavy atom. The van der Waals surface area contributed by atoms with Gasteiger partial charge in [0, 0.05) is 16.8 Å². The van der Waals surface area contributed by atoms with E-state index in [4.69, 9.17) is 4.98 Å². The predicted octanol–water partition coefficient (Wildman–Crippen LogP) is 9.41. The average Bonchev–Trinajstić information content (AvgIpc) is 2.88. The van der Waals surface area contributed by atoms with Gasteiger partial charge < -0.3 is 10.4 Å². The number of benzene rings is 3. The van der Waals surface area contributed by atoms with E-state index >= 15 is 0 Å². The van der Waals surface area contributed by atoms with Crippen LogP contribution in [0.3, 0.4) is 0 Å². The number of phenolic OH excluding ortho intramolecular Hbond substituents is 1. The van der Waals surface area contributed by atoms with Gasteiger partial charge in [0.1, 0.15) is 5.75 Å². The first-order valence-corrected chi connectivity index (χ1v) is 13.4. The largest absolute Gasteiger partial charge is 0.507 e. The van der Waals surface area contributed by atoms with E-state index in [1.807, 2.05) is 12.1 Å². The van der Waals surface area contributed by atoms with Gasteiger partial charge in [-0.25, -0.2) is 0 Å². The van der Waals surface area contributed by atoms with Gasteiger partial charge in [0.2, 0.25) is 0 Å². The average molecular weight is 493 g/mol. The number of aromatic hydroxyl groups is 1. The summed E-state index contributed by atoms with van der Waals surface area (Å²) >= 11 is 0. The summed E-state index contributed by atoms with van der Waals surface area (Å²) in [6.07, 6.45) is 0. The molecular formula is C34H40N2O. The van der Waals surface area contributed by atoms with E-state index in [-0.39, 0.29) is 5.92 Å². The maximum Gasteiger partial charge on any atom is 0.126 e. The molecule has 0 atom stereocenters. The summed E-state index contributed by atoms with van der Waals surface area (Å²) in [7, 11) is 0. The molecule has 4 aromatic rings. The topological polar surface area (TPSA) is 45.2 Å². The molecule has 0 fully saturated rings. The number of rotatable bonds is 8. The fraction of sp³-hybridized carbons (Fsp3) is 0.324. The Morgan fingerprint density at radius 3 is 1.89 bits per heavy atom. The Kier molecular flexibility index (Phi) is 8.02. The quantitative estimate of drug-likeness (QED) is 0.257. The van der Waals surface area contributed by atoms with E-state index < -0.39 is 0 Å². The van der Waals surface area contributed by atoms with E-state index in [0.29, 0.717) is 24.1 Å². The molecule has 0 saturated heterocycles. The molecule has 0 aliphatic heterocycles. The Labute approximate surface area is 222 Å². The van der Waals surface area contributed by atoms with Crippen molar-refractivity contribution in [2.24, 2.45) is 0 Å². The lowest BCUT2D eigenvalue weighted by Crippen LogP contribution is -2.09. The number of hydrogen-bond acceptors (Lipinski definition) is 3. The Balaban J connectivity index is 1.71. The highest BCUT2D eigenvalue weighted by atomic mass is 16.3. The van der Waals surface area contributed by atoms with Crippen LogP contribution in [0.2, 0.25) is 0 Å². The van der Waals surface area contributed by atoms with Crippen molar-refractivity contribution in [3.8, 4) is 28.1 Å². The minimum Gasteiger partial charge on any atom is -0.507 e. The minimum absolute atomic E-state index is 0.239. The number of aromatic nitrogens is 1. The number of nitrogens with zero attached hydrogens (tertiary/aromatic N) is 1. The number of para-hydroxylation sites is 1. The van der Waals surface area contributed by atoms with Gasteiger partial charge in [-0.1, -0.05) is 96.1 Å². The first-order chi connectivity index (χ1) is 17.7. The summed E-state index contributed by atoms with van der Waals surface area (Å²) < 4.78 is 0. The van der Waals surface area contributed by atoms with Crippen LogP contribution in [-0.4, -0.2) is 10.1 Å². The molecule has 0 aliphatic rings. The van der Waals surface area contributed by atoms with E-state index in [9.17, 15) is 5.11 Å². The molecule has 0 saturated carbocycles. The maximum atomic E-state index is 11.2. The molecule has 0 bridgehead atoms. The zero-order valence-electron chi connectivity index (χ0n) is 23.3. The van der Waals surface area contributed by atoms with E-state index in [0.717, 1.165) is 39.2 Å². The second-order valence-corrected chi connectivity index (χ2v) is 10.9. The summed E-state index contributed by atoms with van der Waals surface area (Å²) in [5, 5.41) is 14.9. The first-order valence-electron chi connectivity index (χ1n) is 13.4. The minimum atomic E-state index is 0.239. The van der Waals surface area contributed by atoms with Crippen LogP contribution in [0.25, 0.3) is 22.4 Å². The van der Waals surface area contributed by atoms with Crippen molar-refractivity contribution in [1.82, 2.24) is 4.98 Å². The van der Waals surface area contributed by atoms with Crippen LogP contribution >= 0.6 is 0 Å². The van der Waals surface area contributed by atoms with Crippen LogP contribution in [0.5, 0.6) is 5.75 Å². The molecule has 0 radical (unpaired) electrons. The summed E-state index contributed by atoms with van der Waals surface area (Å²) in [4.78, 5) is 5.06. The molecule has 3 heteroatoms. The normalized spacial score (nSPS) is 11.5. The van der Waals surface area contributed by atoms with E-state index in [1.54, 1.807) is 0 Å². The van der Waals surface area contributed by atoms with Crippen molar-refractivity contribution in [2.75, 3.05) is 5.32 Å². The van der Waals surface area contributed by atoms with Crippen molar-refractivity contribution in [3.05, 3.63) is 101 Å². The molecule has 4 rings (SSSR count). The molecule has 192 valence electrons. The van der Waals surface area contributed by atoms with Crippen molar-refractivity contribution < 1.29 is 5.11 Å². The summed E-state index contributed by atoms with van der Waals surface area (Å²) in [5.41, 5.74) is 10.8. The number of aryl methyl sites for hydroxylation is 1. The molecule has 37 heavy (non-hydrogen) atoms. The summed E-state index contributed by atoms with van der Waals surface area (Å²) in [5.74, 6) is 1.47. The van der Waals surface area contributed by atoms with Crippen molar-refractivity contribution in [2.45, 2.75) is 72.8 Å². The van der Waals surface area contributed by atoms with Crippen LogP contribution in [0.1, 0.15) is 87.2 Å². The number of hydrogen-bond donors (Lipinski definition) is 2. The van der Waals surface area contributed by atoms with Crippen LogP contribution in [-0.2, 0) is 6.54 Å². The molecule has 0 aliphatic carbocycles. The van der Waals surface area contributed by atoms with Gasteiger partial charge in [-0.15, -0.1) is 0 Å². The second kappa shape index (κ2) is 11.2. The standard InChI is InChI=1S/C34H40N2O/c1-21(2)26-15-11-16-27(22(3)4)33(26)35-20-25-12-10-17-32(36-25)29-14-9-8-13-28(29)31-19-24(7)18-30(23(5)6)34(31)37/h8-19,21-23,35,37H,20H2,1-7H3. The van der Waals surface area contributed by atoms with Gasteiger partial charge in [0.15, 0.2) is 0 Å². The third kappa shape index (κ3) is 5.72. The molecule has 3 aromatic carbocycles. The Hall–Kier alpha value is -3.59. The SMILES string of the molecule is Cc1cc(-c2ccccc2-c2cccc(CNc3c(C(C)C)cccc3C(C)C)n2)c(O)c(C(C)C)c1. The summed E-state index contributed by atoms with van der Waals surface area (Å²) in [6, 6.07) is 25.2. The number of anilines is 1. The molecule has 0 amide bonds. The third-order valence-corrected chi connectivity index (χ3v) is 7.02. The van der Waals surface area contributed by atoms with Gasteiger partial charge in [-0.2, -0.15) is 0 Å². The number of phenols is 1. The lowest BCUT2D eigenvalue weighted by molar-refractivity contribution is 0.466. The maximum absolute atomic E-state index is 11.2. The smallest absolute Gasteiger partial charge is 0.126 e. The highest BCUT2D eigenvalue weighted by molar-refractivity contribution is 5.85. The highest BCUT2D eigenvalue weighted by Gasteiger charge is 2.17. The fourth-order valence-corrected chi connectivity index (χ4v) is 5.06. The number of pyridine rings is 1. The molecule has 0 spiro atoms. The first kappa shape index (κ1) is 26.5. The highest BCUT2D eigenvalue weighted by Crippen LogP contribution is 2.41. The van der Waals surface area contributed by atoms with E-state index in [2.05, 4.69) is 114 Å². The third-order valence-electron chi connectivity index (χ3n) is 7.02. The monoisotopic (exact) mass is 492 g/mol. The van der Waals surface area contributed by atoms with Gasteiger partial charge in [-0.05, 0) is 70.7 Å². The zero-order valence-corrected chi connectivity index (χ0v) is 23.3. The van der Waals surface area contributed by atoms with Crippen LogP contribution in [0.4, 0.5) is 5.69 Å². The summed E-state index contributed by atoms with van der Waals surface area (Å²) in [6.45, 7) is 15.9. The van der Waals surface area contributed by atoms with Gasteiger partial charge in [-0.3, -0.25) is 4.98 Å². The van der Waals surface area contributed by atoms with Crippen LogP contribution in [0.15, 0.2) is 72.8 Å². The van der Waals surface area contributed by atoms with Crippen molar-refractivity contribution >= 4 is 5.69 Å². The predicted molar refractivity (Wildman–Crippen MR) is 158 cm³/mol. The van der Waals surface area contributed by atoms with Gasteiger partial charge in [0.05, 0.1) is 17.9 Å². The lowest BCUT2D eigenvalue weighted by Gasteiger charge is -2.21. The molecule has 3 nitrogen and oxygen atoms in total. The van der Waals surface area contributed by atoms with Crippen molar-refractivity contribution in [1.29, 1.82) is 0 Å². The Morgan fingerprint density at radius 2 is 1.27 bits per heavy atom. The van der Waals surface area contributed by atoms with Crippen molar-refractivity contribution in [3.63, 3.8) is 0 Å². The second-order valence-electron chi connectivity index (χ2n) is 10.9. The molecule has 1 aromatic heterocycles. The van der Waals surface area contributed by atoms with Crippen LogP contribution < -0.4 is 5.32 Å². The lowest BCUT2D eigenvalue weighted by atomic mass is 9.90. The van der Waals surface area contributed by atoms with E-state index in [1.165, 1.54) is 16.8 Å². The van der Waals surface area contributed by atoms with Crippen LogP contribution in [0, 0.1) is 6.92 Å². The number of nitrogens with one attached hydrogen (secondary N) is 1. The zero-order chi connectivity index (χ0) is 26.7. The molecule has 2 N–H and O–H groups in total. The van der Waals surface area contributed by atoms with Gasteiger partial charge >= 0.3 is 0 Å². The fourth-order valence-electron chi connectivity index (χ4n) is 5.06. The molecule has 0 unspecified atom stereocenters.